The average molecular weight is 275 g/mol. The van der Waals surface area contributed by atoms with Gasteiger partial charge >= 0.3 is 0 Å². The van der Waals surface area contributed by atoms with Crippen LogP contribution in [-0.2, 0) is 6.54 Å². The topological polar surface area (TPSA) is 29.3 Å². The summed E-state index contributed by atoms with van der Waals surface area (Å²) in [5.74, 6) is 2.39. The van der Waals surface area contributed by atoms with Crippen LogP contribution in [0, 0.1) is 0 Å². The molecule has 0 aliphatic heterocycles. The molecule has 2 nitrogen and oxygen atoms in total. The molecule has 0 heterocycles. The first kappa shape index (κ1) is 16.8. The molecule has 0 spiro atoms. The van der Waals surface area contributed by atoms with Crippen molar-refractivity contribution in [1.82, 2.24) is 4.90 Å². The smallest absolute Gasteiger partial charge is 0.0234 e. The van der Waals surface area contributed by atoms with Crippen molar-refractivity contribution < 1.29 is 0 Å². The zero-order chi connectivity index (χ0) is 11.6. The van der Waals surface area contributed by atoms with Crippen LogP contribution >= 0.6 is 24.2 Å². The highest BCUT2D eigenvalue weighted by Crippen LogP contribution is 2.06. The Morgan fingerprint density at radius 3 is 2.47 bits per heavy atom. The van der Waals surface area contributed by atoms with E-state index in [9.17, 15) is 0 Å². The molecule has 0 amide bonds. The van der Waals surface area contributed by atoms with Gasteiger partial charge in [-0.25, -0.2) is 0 Å². The molecular formula is C13H23ClN2S. The molecule has 0 saturated heterocycles. The lowest BCUT2D eigenvalue weighted by Gasteiger charge is -2.21. The number of nitrogens with zero attached hydrogens (tertiary/aromatic N) is 1. The number of halogens is 1. The quantitative estimate of drug-likeness (QED) is 0.739. The van der Waals surface area contributed by atoms with Gasteiger partial charge < -0.3 is 5.73 Å². The van der Waals surface area contributed by atoms with Gasteiger partial charge in [0, 0.05) is 31.9 Å². The van der Waals surface area contributed by atoms with Crippen molar-refractivity contribution in [1.29, 1.82) is 0 Å². The van der Waals surface area contributed by atoms with Crippen molar-refractivity contribution in [3.05, 3.63) is 35.9 Å². The van der Waals surface area contributed by atoms with Crippen molar-refractivity contribution in [2.45, 2.75) is 13.5 Å². The molecule has 0 unspecified atom stereocenters. The van der Waals surface area contributed by atoms with E-state index >= 15 is 0 Å². The Bertz CT molecular complexity index is 269. The molecule has 0 fully saturated rings. The lowest BCUT2D eigenvalue weighted by molar-refractivity contribution is 0.290. The summed E-state index contributed by atoms with van der Waals surface area (Å²) in [5, 5.41) is 0. The summed E-state index contributed by atoms with van der Waals surface area (Å²) in [6.07, 6.45) is 0. The minimum Gasteiger partial charge on any atom is -0.329 e. The highest BCUT2D eigenvalue weighted by Gasteiger charge is 2.04. The Kier molecular flexibility index (Phi) is 10.8. The van der Waals surface area contributed by atoms with Crippen molar-refractivity contribution in [2.75, 3.05) is 31.1 Å². The van der Waals surface area contributed by atoms with Gasteiger partial charge in [0.2, 0.25) is 0 Å². The van der Waals surface area contributed by atoms with E-state index in [1.54, 1.807) is 0 Å². The van der Waals surface area contributed by atoms with Gasteiger partial charge in [-0.3, -0.25) is 4.90 Å². The van der Waals surface area contributed by atoms with Gasteiger partial charge in [-0.1, -0.05) is 37.3 Å². The lowest BCUT2D eigenvalue weighted by atomic mass is 10.2. The van der Waals surface area contributed by atoms with Gasteiger partial charge in [-0.15, -0.1) is 12.4 Å². The zero-order valence-corrected chi connectivity index (χ0v) is 12.1. The Balaban J connectivity index is 0.00000256. The third kappa shape index (κ3) is 7.66. The molecule has 2 N–H and O–H groups in total. The summed E-state index contributed by atoms with van der Waals surface area (Å²) >= 11 is 1.99. The summed E-state index contributed by atoms with van der Waals surface area (Å²) in [6, 6.07) is 10.6. The number of hydrogen-bond acceptors (Lipinski definition) is 3. The summed E-state index contributed by atoms with van der Waals surface area (Å²) in [6.45, 7) is 6.07. The first-order chi connectivity index (χ1) is 7.86. The molecule has 1 aromatic carbocycles. The first-order valence-electron chi connectivity index (χ1n) is 5.91. The van der Waals surface area contributed by atoms with E-state index in [1.807, 2.05) is 11.8 Å². The van der Waals surface area contributed by atoms with Gasteiger partial charge in [-0.05, 0) is 11.3 Å². The number of benzene rings is 1. The third-order valence-electron chi connectivity index (χ3n) is 2.45. The largest absolute Gasteiger partial charge is 0.329 e. The van der Waals surface area contributed by atoms with Crippen LogP contribution in [0.15, 0.2) is 30.3 Å². The molecule has 0 radical (unpaired) electrons. The average Bonchev–Trinajstić information content (AvgIpc) is 2.31. The van der Waals surface area contributed by atoms with Crippen LogP contribution in [0.4, 0.5) is 0 Å². The second-order valence-electron chi connectivity index (χ2n) is 3.75. The molecule has 0 bridgehead atoms. The molecule has 0 saturated carbocycles. The van der Waals surface area contributed by atoms with Crippen molar-refractivity contribution >= 4 is 24.2 Å². The van der Waals surface area contributed by atoms with Crippen molar-refractivity contribution in [2.24, 2.45) is 5.73 Å². The van der Waals surface area contributed by atoms with E-state index < -0.39 is 0 Å². The molecule has 0 aromatic heterocycles. The number of hydrogen-bond donors (Lipinski definition) is 1. The number of rotatable bonds is 8. The number of thioether (sulfide) groups is 1. The molecule has 0 aliphatic rings. The van der Waals surface area contributed by atoms with Gasteiger partial charge in [0.15, 0.2) is 0 Å². The van der Waals surface area contributed by atoms with Crippen LogP contribution in [0.3, 0.4) is 0 Å². The fourth-order valence-electron chi connectivity index (χ4n) is 1.63. The van der Waals surface area contributed by atoms with E-state index in [4.69, 9.17) is 5.73 Å². The van der Waals surface area contributed by atoms with Crippen LogP contribution < -0.4 is 5.73 Å². The van der Waals surface area contributed by atoms with E-state index in [0.717, 1.165) is 26.2 Å². The SMILES string of the molecule is CCSCCN(CCN)Cc1ccccc1.Cl. The summed E-state index contributed by atoms with van der Waals surface area (Å²) in [4.78, 5) is 2.43. The normalized spacial score (nSPS) is 10.3. The first-order valence-corrected chi connectivity index (χ1v) is 7.06. The maximum Gasteiger partial charge on any atom is 0.0234 e. The van der Waals surface area contributed by atoms with Crippen molar-refractivity contribution in [3.63, 3.8) is 0 Å². The molecular weight excluding hydrogens is 252 g/mol. The van der Waals surface area contributed by atoms with Gasteiger partial charge in [0.05, 0.1) is 0 Å². The van der Waals surface area contributed by atoms with Gasteiger partial charge in [-0.2, -0.15) is 11.8 Å². The Morgan fingerprint density at radius 2 is 1.88 bits per heavy atom. The molecule has 0 aliphatic carbocycles. The zero-order valence-electron chi connectivity index (χ0n) is 10.5. The second-order valence-corrected chi connectivity index (χ2v) is 5.14. The fraction of sp³-hybridized carbons (Fsp3) is 0.538. The Labute approximate surface area is 115 Å². The Morgan fingerprint density at radius 1 is 1.18 bits per heavy atom. The summed E-state index contributed by atoms with van der Waals surface area (Å²) in [5.41, 5.74) is 7.01. The predicted octanol–water partition coefficient (Wildman–Crippen LogP) is 2.62. The van der Waals surface area contributed by atoms with Crippen LogP contribution in [0.25, 0.3) is 0 Å². The monoisotopic (exact) mass is 274 g/mol. The van der Waals surface area contributed by atoms with Crippen molar-refractivity contribution in [3.8, 4) is 0 Å². The minimum atomic E-state index is 0. The van der Waals surface area contributed by atoms with E-state index in [-0.39, 0.29) is 12.4 Å². The highest BCUT2D eigenvalue weighted by molar-refractivity contribution is 7.99. The maximum atomic E-state index is 5.64. The third-order valence-corrected chi connectivity index (χ3v) is 3.33. The van der Waals surface area contributed by atoms with E-state index in [1.165, 1.54) is 17.1 Å². The van der Waals surface area contributed by atoms with Crippen LogP contribution in [0.5, 0.6) is 0 Å². The molecule has 4 heteroatoms. The van der Waals surface area contributed by atoms with Crippen LogP contribution in [0.2, 0.25) is 0 Å². The molecule has 0 atom stereocenters. The molecule has 98 valence electrons. The molecule has 1 rings (SSSR count). The van der Waals surface area contributed by atoms with Gasteiger partial charge in [0.25, 0.3) is 0 Å². The minimum absolute atomic E-state index is 0. The highest BCUT2D eigenvalue weighted by atomic mass is 35.5. The standard InChI is InChI=1S/C13H22N2S.ClH/c1-2-16-11-10-15(9-8-14)12-13-6-4-3-5-7-13;/h3-7H,2,8-12,14H2,1H3;1H. The number of nitrogens with two attached hydrogens (primary N) is 1. The molecule has 1 aromatic rings. The van der Waals surface area contributed by atoms with E-state index in [0.29, 0.717) is 0 Å². The second kappa shape index (κ2) is 10.9. The van der Waals surface area contributed by atoms with Crippen LogP contribution in [0.1, 0.15) is 12.5 Å². The molecule has 17 heavy (non-hydrogen) atoms. The van der Waals surface area contributed by atoms with Crippen LogP contribution in [-0.4, -0.2) is 36.0 Å². The Hall–Kier alpha value is -0.220. The van der Waals surface area contributed by atoms with Gasteiger partial charge in [0.1, 0.15) is 0 Å². The maximum absolute atomic E-state index is 5.64. The summed E-state index contributed by atoms with van der Waals surface area (Å²) in [7, 11) is 0. The predicted molar refractivity (Wildman–Crippen MR) is 81.0 cm³/mol. The summed E-state index contributed by atoms with van der Waals surface area (Å²) < 4.78 is 0. The van der Waals surface area contributed by atoms with E-state index in [2.05, 4.69) is 42.2 Å². The lowest BCUT2D eigenvalue weighted by Crippen LogP contribution is -2.31. The fourth-order valence-corrected chi connectivity index (χ4v) is 2.31.